The molecule has 0 fully saturated rings. The summed E-state index contributed by atoms with van der Waals surface area (Å²) in [6.45, 7) is 9.99. The minimum absolute atomic E-state index is 0.659. The SMILES string of the molecule is COCc1c(C)c(C)c(C)c(C)c1COC. The van der Waals surface area contributed by atoms with Crippen molar-refractivity contribution in [1.29, 1.82) is 0 Å². The van der Waals surface area contributed by atoms with Gasteiger partial charge >= 0.3 is 0 Å². The Hall–Kier alpha value is -0.860. The van der Waals surface area contributed by atoms with Crippen molar-refractivity contribution < 1.29 is 9.47 Å². The van der Waals surface area contributed by atoms with Gasteiger partial charge in [0.05, 0.1) is 13.2 Å². The highest BCUT2D eigenvalue weighted by atomic mass is 16.5. The molecule has 0 saturated heterocycles. The number of benzene rings is 1. The molecule has 1 aromatic rings. The van der Waals surface area contributed by atoms with E-state index in [1.165, 1.54) is 33.4 Å². The van der Waals surface area contributed by atoms with Gasteiger partial charge < -0.3 is 9.47 Å². The Kier molecular flexibility index (Phi) is 4.51. The van der Waals surface area contributed by atoms with E-state index in [0.717, 1.165) is 0 Å². The average molecular weight is 222 g/mol. The first kappa shape index (κ1) is 13.2. The van der Waals surface area contributed by atoms with Crippen LogP contribution in [0.25, 0.3) is 0 Å². The van der Waals surface area contributed by atoms with Gasteiger partial charge in [0.15, 0.2) is 0 Å². The first-order valence-electron chi connectivity index (χ1n) is 5.60. The summed E-state index contributed by atoms with van der Waals surface area (Å²) in [7, 11) is 3.47. The zero-order valence-electron chi connectivity index (χ0n) is 11.2. The van der Waals surface area contributed by atoms with Gasteiger partial charge in [0, 0.05) is 14.2 Å². The molecule has 2 heteroatoms. The molecule has 0 aromatic heterocycles. The van der Waals surface area contributed by atoms with Crippen LogP contribution in [0.1, 0.15) is 33.4 Å². The van der Waals surface area contributed by atoms with E-state index in [2.05, 4.69) is 27.7 Å². The fraction of sp³-hybridized carbons (Fsp3) is 0.571. The van der Waals surface area contributed by atoms with Gasteiger partial charge in [-0.2, -0.15) is 0 Å². The zero-order valence-corrected chi connectivity index (χ0v) is 11.2. The van der Waals surface area contributed by atoms with Gasteiger partial charge in [-0.3, -0.25) is 0 Å². The third-order valence-corrected chi connectivity index (χ3v) is 3.53. The Morgan fingerprint density at radius 1 is 0.625 bits per heavy atom. The number of rotatable bonds is 4. The van der Waals surface area contributed by atoms with E-state index in [1.54, 1.807) is 14.2 Å². The van der Waals surface area contributed by atoms with E-state index in [-0.39, 0.29) is 0 Å². The second-order valence-electron chi connectivity index (χ2n) is 4.32. The molecule has 1 aromatic carbocycles. The highest BCUT2D eigenvalue weighted by Gasteiger charge is 2.14. The molecule has 0 atom stereocenters. The van der Waals surface area contributed by atoms with E-state index in [9.17, 15) is 0 Å². The molecule has 0 heterocycles. The van der Waals surface area contributed by atoms with Crippen LogP contribution in [0.15, 0.2) is 0 Å². The molecule has 2 nitrogen and oxygen atoms in total. The zero-order chi connectivity index (χ0) is 12.3. The van der Waals surface area contributed by atoms with E-state index in [4.69, 9.17) is 9.47 Å². The maximum absolute atomic E-state index is 5.29. The molecule has 16 heavy (non-hydrogen) atoms. The molecular weight excluding hydrogens is 200 g/mol. The summed E-state index contributed by atoms with van der Waals surface area (Å²) in [5, 5.41) is 0. The van der Waals surface area contributed by atoms with Crippen LogP contribution in [0.5, 0.6) is 0 Å². The molecule has 0 aliphatic heterocycles. The lowest BCUT2D eigenvalue weighted by atomic mass is 9.89. The van der Waals surface area contributed by atoms with Gasteiger partial charge in [0.2, 0.25) is 0 Å². The third-order valence-electron chi connectivity index (χ3n) is 3.53. The smallest absolute Gasteiger partial charge is 0.0719 e. The summed E-state index contributed by atoms with van der Waals surface area (Å²) < 4.78 is 10.6. The monoisotopic (exact) mass is 222 g/mol. The molecule has 90 valence electrons. The predicted octanol–water partition coefficient (Wildman–Crippen LogP) is 3.21. The van der Waals surface area contributed by atoms with Crippen molar-refractivity contribution in [2.45, 2.75) is 40.9 Å². The predicted molar refractivity (Wildman–Crippen MR) is 66.8 cm³/mol. The van der Waals surface area contributed by atoms with Crippen molar-refractivity contribution in [2.75, 3.05) is 14.2 Å². The molecule has 0 spiro atoms. The topological polar surface area (TPSA) is 18.5 Å². The van der Waals surface area contributed by atoms with Gasteiger partial charge in [-0.05, 0) is 61.1 Å². The Balaban J connectivity index is 3.42. The molecule has 0 aliphatic rings. The normalized spacial score (nSPS) is 10.9. The van der Waals surface area contributed by atoms with E-state index >= 15 is 0 Å². The minimum atomic E-state index is 0.659. The Labute approximate surface area is 98.6 Å². The van der Waals surface area contributed by atoms with Crippen LogP contribution in [-0.2, 0) is 22.7 Å². The van der Waals surface area contributed by atoms with Crippen molar-refractivity contribution in [3.63, 3.8) is 0 Å². The molecule has 0 radical (unpaired) electrons. The lowest BCUT2D eigenvalue weighted by Crippen LogP contribution is -2.07. The van der Waals surface area contributed by atoms with Crippen molar-refractivity contribution >= 4 is 0 Å². The van der Waals surface area contributed by atoms with Gasteiger partial charge in [-0.15, -0.1) is 0 Å². The van der Waals surface area contributed by atoms with Crippen molar-refractivity contribution in [3.05, 3.63) is 33.4 Å². The molecule has 0 saturated carbocycles. The van der Waals surface area contributed by atoms with Crippen LogP contribution in [0.2, 0.25) is 0 Å². The van der Waals surface area contributed by atoms with Gasteiger partial charge in [0.25, 0.3) is 0 Å². The third kappa shape index (κ3) is 2.28. The lowest BCUT2D eigenvalue weighted by molar-refractivity contribution is 0.167. The second-order valence-corrected chi connectivity index (χ2v) is 4.32. The van der Waals surface area contributed by atoms with Crippen molar-refractivity contribution in [2.24, 2.45) is 0 Å². The fourth-order valence-corrected chi connectivity index (χ4v) is 2.15. The van der Waals surface area contributed by atoms with Gasteiger partial charge in [0.1, 0.15) is 0 Å². The highest BCUT2D eigenvalue weighted by Crippen LogP contribution is 2.27. The van der Waals surface area contributed by atoms with E-state index < -0.39 is 0 Å². The second kappa shape index (κ2) is 5.46. The Morgan fingerprint density at radius 2 is 0.938 bits per heavy atom. The molecule has 0 unspecified atom stereocenters. The summed E-state index contributed by atoms with van der Waals surface area (Å²) in [5.74, 6) is 0. The van der Waals surface area contributed by atoms with Gasteiger partial charge in [-0.1, -0.05) is 0 Å². The molecular formula is C14H22O2. The molecule has 0 bridgehead atoms. The van der Waals surface area contributed by atoms with Crippen LogP contribution in [0.3, 0.4) is 0 Å². The summed E-state index contributed by atoms with van der Waals surface area (Å²) in [5.41, 5.74) is 7.96. The van der Waals surface area contributed by atoms with E-state index in [1.807, 2.05) is 0 Å². The van der Waals surface area contributed by atoms with Crippen LogP contribution in [0, 0.1) is 27.7 Å². The number of ether oxygens (including phenoxy) is 2. The summed E-state index contributed by atoms with van der Waals surface area (Å²) in [4.78, 5) is 0. The quantitative estimate of drug-likeness (QED) is 0.778. The van der Waals surface area contributed by atoms with Crippen molar-refractivity contribution in [1.82, 2.24) is 0 Å². The maximum Gasteiger partial charge on any atom is 0.0719 e. The maximum atomic E-state index is 5.29. The van der Waals surface area contributed by atoms with Gasteiger partial charge in [-0.25, -0.2) is 0 Å². The van der Waals surface area contributed by atoms with Crippen LogP contribution in [0.4, 0.5) is 0 Å². The molecule has 0 amide bonds. The largest absolute Gasteiger partial charge is 0.380 e. The highest BCUT2D eigenvalue weighted by molar-refractivity contribution is 5.49. The van der Waals surface area contributed by atoms with Crippen LogP contribution >= 0.6 is 0 Å². The standard InChI is InChI=1S/C14H22O2/c1-9-10(2)12(4)14(8-16-6)13(7-15-5)11(9)3/h7-8H2,1-6H3. The minimum Gasteiger partial charge on any atom is -0.380 e. The molecule has 0 N–H and O–H groups in total. The number of methoxy groups -OCH3 is 2. The van der Waals surface area contributed by atoms with Crippen LogP contribution in [-0.4, -0.2) is 14.2 Å². The summed E-state index contributed by atoms with van der Waals surface area (Å²) >= 11 is 0. The number of hydrogen-bond donors (Lipinski definition) is 0. The van der Waals surface area contributed by atoms with Crippen LogP contribution < -0.4 is 0 Å². The Morgan fingerprint density at radius 3 is 1.19 bits per heavy atom. The molecule has 1 rings (SSSR count). The van der Waals surface area contributed by atoms with E-state index in [0.29, 0.717) is 13.2 Å². The Bertz CT molecular complexity index is 344. The first-order valence-corrected chi connectivity index (χ1v) is 5.60. The fourth-order valence-electron chi connectivity index (χ4n) is 2.15. The first-order chi connectivity index (χ1) is 7.54. The van der Waals surface area contributed by atoms with Crippen molar-refractivity contribution in [3.8, 4) is 0 Å². The summed E-state index contributed by atoms with van der Waals surface area (Å²) in [6, 6.07) is 0. The number of hydrogen-bond acceptors (Lipinski definition) is 2. The summed E-state index contributed by atoms with van der Waals surface area (Å²) in [6.07, 6.45) is 0. The molecule has 0 aliphatic carbocycles. The lowest BCUT2D eigenvalue weighted by Gasteiger charge is -2.20. The average Bonchev–Trinajstić information content (AvgIpc) is 2.28.